The number of aryl methyl sites for hydroxylation is 1. The monoisotopic (exact) mass is 804 g/mol. The lowest BCUT2D eigenvalue weighted by molar-refractivity contribution is 0.0423. The molecule has 4 heterocycles. The average molecular weight is 805 g/mol. The van der Waals surface area contributed by atoms with Gasteiger partial charge in [0.1, 0.15) is 17.7 Å². The van der Waals surface area contributed by atoms with Crippen LogP contribution in [-0.2, 0) is 9.84 Å². The minimum atomic E-state index is -2.02. The van der Waals surface area contributed by atoms with Gasteiger partial charge in [-0.05, 0) is 91.5 Å². The molecule has 0 spiro atoms. The second kappa shape index (κ2) is 16.2. The first-order valence-electron chi connectivity index (χ1n) is 21.3. The number of fused-ring (bicyclic) bond motifs is 2. The number of hydrogen-bond donors (Lipinski definition) is 2. The number of carbonyl (C=O) groups is 1. The number of nitrogens with zero attached hydrogens (tertiary/aromatic N) is 6. The van der Waals surface area contributed by atoms with Gasteiger partial charge in [0.15, 0.2) is 5.65 Å². The van der Waals surface area contributed by atoms with E-state index >= 15 is 0 Å². The van der Waals surface area contributed by atoms with Crippen LogP contribution in [0.25, 0.3) is 11.3 Å². The highest BCUT2D eigenvalue weighted by atomic mass is 28.4. The van der Waals surface area contributed by atoms with Gasteiger partial charge in [0.25, 0.3) is 0 Å². The molecule has 7 rings (SSSR count). The standard InChI is InChI=1S/C46H64N8O3Si/c1-30(2)58(31(3)4,32(5)6)57-46(11)24-26-52(27-25-46)44-50-49-41-23-20-35(29-53(41)44)56-39-22-21-38(36-14-12-13-15-37(36)39)47-43(55)48-42-28-40(45(8,9)10)51-54(42)34-18-16-33(7)17-19-34/h12-20,23,28-32,38-39H,21-22,24-27H2,1-11H3,(H2,47,48,55)/t38-,39+/m0/s1. The second-order valence-corrected chi connectivity index (χ2v) is 24.2. The molecular formula is C46H64N8O3Si. The molecule has 5 aromatic rings. The Morgan fingerprint density at radius 3 is 2.17 bits per heavy atom. The normalized spacial score (nSPS) is 18.6. The minimum absolute atomic E-state index is 0.155. The van der Waals surface area contributed by atoms with Gasteiger partial charge in [-0.1, -0.05) is 104 Å². The Labute approximate surface area is 346 Å². The van der Waals surface area contributed by atoms with Crippen molar-refractivity contribution in [2.45, 2.75) is 142 Å². The van der Waals surface area contributed by atoms with Crippen LogP contribution in [0.1, 0.15) is 129 Å². The molecule has 2 aliphatic rings. The molecule has 1 saturated heterocycles. The Hall–Kier alpha value is -4.68. The average Bonchev–Trinajstić information content (AvgIpc) is 3.80. The lowest BCUT2D eigenvalue weighted by Crippen LogP contribution is -2.56. The van der Waals surface area contributed by atoms with Crippen LogP contribution in [0.5, 0.6) is 5.75 Å². The summed E-state index contributed by atoms with van der Waals surface area (Å²) in [5.41, 5.74) is 7.17. The van der Waals surface area contributed by atoms with Crippen LogP contribution in [-0.4, -0.2) is 57.4 Å². The number of aromatic nitrogens is 5. The molecule has 2 aromatic carbocycles. The zero-order valence-electron chi connectivity index (χ0n) is 36.5. The smallest absolute Gasteiger partial charge is 0.320 e. The number of hydrogen-bond acceptors (Lipinski definition) is 7. The Bertz CT molecular complexity index is 2190. The molecular weight excluding hydrogens is 741 g/mol. The van der Waals surface area contributed by atoms with Gasteiger partial charge in [-0.2, -0.15) is 5.10 Å². The molecule has 0 saturated carbocycles. The number of ether oxygens (including phenoxy) is 1. The summed E-state index contributed by atoms with van der Waals surface area (Å²) in [6.07, 6.45) is 5.20. The van der Waals surface area contributed by atoms with E-state index in [9.17, 15) is 4.79 Å². The maximum atomic E-state index is 13.7. The zero-order chi connectivity index (χ0) is 41.6. The van der Waals surface area contributed by atoms with Gasteiger partial charge >= 0.3 is 6.03 Å². The number of benzene rings is 2. The molecule has 0 bridgehead atoms. The van der Waals surface area contributed by atoms with Crippen molar-refractivity contribution in [3.8, 4) is 11.4 Å². The fraction of sp³-hybridized carbons (Fsp3) is 0.522. The number of carbonyl (C=O) groups excluding carboxylic acids is 1. The lowest BCUT2D eigenvalue weighted by atomic mass is 9.85. The van der Waals surface area contributed by atoms with E-state index in [1.54, 1.807) is 0 Å². The molecule has 58 heavy (non-hydrogen) atoms. The molecule has 310 valence electrons. The molecule has 0 radical (unpaired) electrons. The Morgan fingerprint density at radius 1 is 0.879 bits per heavy atom. The quantitative estimate of drug-likeness (QED) is 0.128. The highest BCUT2D eigenvalue weighted by Gasteiger charge is 2.50. The third-order valence-electron chi connectivity index (χ3n) is 12.6. The second-order valence-electron chi connectivity index (χ2n) is 18.8. The third-order valence-corrected chi connectivity index (χ3v) is 18.9. The van der Waals surface area contributed by atoms with Gasteiger partial charge in [-0.15, -0.1) is 10.2 Å². The van der Waals surface area contributed by atoms with Crippen molar-refractivity contribution in [1.29, 1.82) is 0 Å². The van der Waals surface area contributed by atoms with E-state index in [2.05, 4.69) is 131 Å². The fourth-order valence-electron chi connectivity index (χ4n) is 9.42. The van der Waals surface area contributed by atoms with Gasteiger partial charge in [-0.3, -0.25) is 9.72 Å². The van der Waals surface area contributed by atoms with Gasteiger partial charge in [-0.25, -0.2) is 9.48 Å². The molecule has 0 unspecified atom stereocenters. The van der Waals surface area contributed by atoms with Crippen molar-refractivity contribution >= 4 is 31.8 Å². The van der Waals surface area contributed by atoms with Crippen LogP contribution in [0, 0.1) is 6.92 Å². The number of urea groups is 1. The molecule has 1 fully saturated rings. The summed E-state index contributed by atoms with van der Waals surface area (Å²) < 4.78 is 18.0. The van der Waals surface area contributed by atoms with Crippen molar-refractivity contribution < 1.29 is 14.0 Å². The lowest BCUT2D eigenvalue weighted by Gasteiger charge is -2.50. The molecule has 2 atom stereocenters. The van der Waals surface area contributed by atoms with Crippen LogP contribution in [0.2, 0.25) is 16.6 Å². The maximum absolute atomic E-state index is 13.7. The molecule has 11 nitrogen and oxygen atoms in total. The van der Waals surface area contributed by atoms with Gasteiger partial charge < -0.3 is 19.4 Å². The van der Waals surface area contributed by atoms with Gasteiger partial charge in [0, 0.05) is 24.6 Å². The van der Waals surface area contributed by atoms with Crippen molar-refractivity contribution in [2.75, 3.05) is 23.3 Å². The van der Waals surface area contributed by atoms with Crippen LogP contribution in [0.3, 0.4) is 0 Å². The van der Waals surface area contributed by atoms with E-state index < -0.39 is 8.32 Å². The van der Waals surface area contributed by atoms with Gasteiger partial charge in [0.2, 0.25) is 14.3 Å². The number of rotatable bonds is 11. The highest BCUT2D eigenvalue weighted by Crippen LogP contribution is 2.47. The molecule has 12 heteroatoms. The van der Waals surface area contributed by atoms with E-state index in [1.807, 2.05) is 53.3 Å². The van der Waals surface area contributed by atoms with Gasteiger partial charge in [0.05, 0.1) is 29.2 Å². The summed E-state index contributed by atoms with van der Waals surface area (Å²) in [5.74, 6) is 2.21. The van der Waals surface area contributed by atoms with E-state index in [-0.39, 0.29) is 29.2 Å². The van der Waals surface area contributed by atoms with Crippen molar-refractivity contribution in [3.63, 3.8) is 0 Å². The predicted octanol–water partition coefficient (Wildman–Crippen LogP) is 10.8. The number of nitrogens with one attached hydrogen (secondary N) is 2. The zero-order valence-corrected chi connectivity index (χ0v) is 37.5. The highest BCUT2D eigenvalue weighted by molar-refractivity contribution is 6.77. The summed E-state index contributed by atoms with van der Waals surface area (Å²) in [6, 6.07) is 21.9. The predicted molar refractivity (Wildman–Crippen MR) is 236 cm³/mol. The SMILES string of the molecule is Cc1ccc(-n2nc(C(C)(C)C)cc2NC(=O)N[C@H]2CC[C@@H](Oc3ccc4nnc(N5CCC(C)(O[Si](C(C)C)(C(C)C)C(C)C)CC5)n4c3)c3ccccc32)cc1. The van der Waals surface area contributed by atoms with Crippen LogP contribution in [0.15, 0.2) is 72.9 Å². The molecule has 2 amide bonds. The molecule has 1 aliphatic carbocycles. The van der Waals surface area contributed by atoms with E-state index in [0.29, 0.717) is 22.4 Å². The number of anilines is 2. The largest absolute Gasteiger partial charge is 0.484 e. The van der Waals surface area contributed by atoms with Crippen molar-refractivity contribution in [3.05, 3.63) is 95.3 Å². The summed E-state index contributed by atoms with van der Waals surface area (Å²) >= 11 is 0. The Kier molecular flexibility index (Phi) is 11.6. The fourth-order valence-corrected chi connectivity index (χ4v) is 15.2. The molecule has 2 N–H and O–H groups in total. The van der Waals surface area contributed by atoms with Crippen molar-refractivity contribution in [1.82, 2.24) is 29.7 Å². The topological polar surface area (TPSA) is 111 Å². The first-order chi connectivity index (χ1) is 27.5. The van der Waals surface area contributed by atoms with E-state index in [4.69, 9.17) is 14.3 Å². The Morgan fingerprint density at radius 2 is 1.53 bits per heavy atom. The summed E-state index contributed by atoms with van der Waals surface area (Å²) in [5, 5.41) is 20.5. The Balaban J connectivity index is 1.04. The number of piperidine rings is 1. The third kappa shape index (κ3) is 8.27. The summed E-state index contributed by atoms with van der Waals surface area (Å²) in [7, 11) is -2.02. The summed E-state index contributed by atoms with van der Waals surface area (Å²) in [6.45, 7) is 26.6. The molecule has 1 aliphatic heterocycles. The number of pyridine rings is 1. The van der Waals surface area contributed by atoms with E-state index in [1.165, 1.54) is 0 Å². The van der Waals surface area contributed by atoms with E-state index in [0.717, 1.165) is 84.2 Å². The first-order valence-corrected chi connectivity index (χ1v) is 23.4. The maximum Gasteiger partial charge on any atom is 0.320 e. The first kappa shape index (κ1) is 41.5. The summed E-state index contributed by atoms with van der Waals surface area (Å²) in [4.78, 5) is 16.0. The van der Waals surface area contributed by atoms with Crippen molar-refractivity contribution in [2.24, 2.45) is 0 Å². The number of amides is 2. The molecule has 3 aromatic heterocycles. The van der Waals surface area contributed by atoms with Crippen LogP contribution < -0.4 is 20.3 Å². The van der Waals surface area contributed by atoms with Crippen LogP contribution in [0.4, 0.5) is 16.6 Å². The minimum Gasteiger partial charge on any atom is -0.484 e. The van der Waals surface area contributed by atoms with Crippen LogP contribution >= 0.6 is 0 Å².